The smallest absolute Gasteiger partial charge is 0.393 e. The number of halogens is 3. The minimum absolute atomic E-state index is 0.595. The molecule has 0 aliphatic carbocycles. The Morgan fingerprint density at radius 2 is 1.83 bits per heavy atom. The monoisotopic (exact) mass is 286 g/mol. The van der Waals surface area contributed by atoms with Crippen molar-refractivity contribution in [1.82, 2.24) is 0 Å². The summed E-state index contributed by atoms with van der Waals surface area (Å²) in [5.41, 5.74) is -1.10. The molecule has 2 nitrogen and oxygen atoms in total. The van der Waals surface area contributed by atoms with Crippen LogP contribution in [0.3, 0.4) is 0 Å². The first-order valence-corrected chi connectivity index (χ1v) is 7.25. The van der Waals surface area contributed by atoms with Crippen LogP contribution in [0.15, 0.2) is 0 Å². The number of thioether (sulfide) groups is 1. The van der Waals surface area contributed by atoms with E-state index in [1.807, 2.05) is 0 Å². The van der Waals surface area contributed by atoms with Gasteiger partial charge in [-0.05, 0) is 12.2 Å². The Labute approximate surface area is 111 Å². The van der Waals surface area contributed by atoms with Crippen molar-refractivity contribution in [1.29, 1.82) is 0 Å². The van der Waals surface area contributed by atoms with Crippen molar-refractivity contribution in [3.63, 3.8) is 0 Å². The van der Waals surface area contributed by atoms with E-state index in [2.05, 4.69) is 11.7 Å². The molecular formula is C12H21F3O2S. The van der Waals surface area contributed by atoms with Gasteiger partial charge in [-0.25, -0.2) is 0 Å². The van der Waals surface area contributed by atoms with Gasteiger partial charge in [0, 0.05) is 6.92 Å². The molecule has 6 heteroatoms. The van der Waals surface area contributed by atoms with Gasteiger partial charge in [0.1, 0.15) is 0 Å². The molecule has 0 aliphatic rings. The number of carbonyl (C=O) groups excluding carboxylic acids is 1. The molecule has 0 saturated heterocycles. The van der Waals surface area contributed by atoms with Crippen molar-refractivity contribution in [2.24, 2.45) is 0 Å². The minimum atomic E-state index is -4.30. The Kier molecular flexibility index (Phi) is 9.32. The molecule has 0 heterocycles. The second kappa shape index (κ2) is 9.53. The van der Waals surface area contributed by atoms with Gasteiger partial charge in [0.2, 0.25) is 0 Å². The lowest BCUT2D eigenvalue weighted by atomic mass is 10.2. The maximum Gasteiger partial charge on any atom is 0.393 e. The van der Waals surface area contributed by atoms with Gasteiger partial charge in [-0.2, -0.15) is 13.2 Å². The van der Waals surface area contributed by atoms with Crippen molar-refractivity contribution in [3.05, 3.63) is 0 Å². The molecule has 0 aromatic heterocycles. The van der Waals surface area contributed by atoms with E-state index in [0.717, 1.165) is 50.8 Å². The van der Waals surface area contributed by atoms with Crippen LogP contribution in [0.25, 0.3) is 0 Å². The van der Waals surface area contributed by atoms with Gasteiger partial charge in [-0.15, -0.1) is 11.8 Å². The lowest BCUT2D eigenvalue weighted by Crippen LogP contribution is -2.22. The van der Waals surface area contributed by atoms with E-state index in [0.29, 0.717) is 5.75 Å². The largest absolute Gasteiger partial charge is 0.451 e. The third-order valence-electron chi connectivity index (χ3n) is 2.25. The van der Waals surface area contributed by atoms with Crippen LogP contribution in [0.4, 0.5) is 13.2 Å². The van der Waals surface area contributed by atoms with E-state index in [9.17, 15) is 18.0 Å². The number of rotatable bonds is 9. The van der Waals surface area contributed by atoms with Gasteiger partial charge in [-0.3, -0.25) is 4.79 Å². The van der Waals surface area contributed by atoms with Crippen molar-refractivity contribution >= 4 is 17.7 Å². The lowest BCUT2D eigenvalue weighted by Gasteiger charge is -2.18. The number of hydrogen-bond acceptors (Lipinski definition) is 3. The molecule has 0 bridgehead atoms. The third-order valence-corrected chi connectivity index (χ3v) is 3.41. The molecule has 18 heavy (non-hydrogen) atoms. The van der Waals surface area contributed by atoms with E-state index < -0.39 is 24.0 Å². The fraction of sp³-hybridized carbons (Fsp3) is 0.917. The van der Waals surface area contributed by atoms with Gasteiger partial charge >= 0.3 is 12.1 Å². The molecule has 0 rings (SSSR count). The standard InChI is InChI=1S/C12H21F3O2S/c1-3-4-5-6-7-8-18-11(17-10(2)16)9-12(13,14)15/h11H,3-9H2,1-2H3. The summed E-state index contributed by atoms with van der Waals surface area (Å²) in [7, 11) is 0. The highest BCUT2D eigenvalue weighted by atomic mass is 32.2. The van der Waals surface area contributed by atoms with Crippen LogP contribution in [0, 0.1) is 0 Å². The van der Waals surface area contributed by atoms with Crippen molar-refractivity contribution < 1.29 is 22.7 Å². The number of esters is 1. The lowest BCUT2D eigenvalue weighted by molar-refractivity contribution is -0.161. The zero-order chi connectivity index (χ0) is 14.0. The molecule has 0 saturated carbocycles. The Morgan fingerprint density at radius 1 is 1.22 bits per heavy atom. The fourth-order valence-electron chi connectivity index (χ4n) is 1.43. The highest BCUT2D eigenvalue weighted by Crippen LogP contribution is 2.29. The Balaban J connectivity index is 3.83. The first kappa shape index (κ1) is 17.6. The van der Waals surface area contributed by atoms with Crippen LogP contribution >= 0.6 is 11.8 Å². The Morgan fingerprint density at radius 3 is 2.33 bits per heavy atom. The molecule has 0 fully saturated rings. The van der Waals surface area contributed by atoms with Crippen LogP contribution in [-0.4, -0.2) is 23.3 Å². The number of carbonyl (C=O) groups is 1. The Hall–Kier alpha value is -0.390. The molecule has 1 atom stereocenters. The zero-order valence-corrected chi connectivity index (χ0v) is 11.7. The van der Waals surface area contributed by atoms with Crippen LogP contribution in [0.2, 0.25) is 0 Å². The summed E-state index contributed by atoms with van der Waals surface area (Å²) < 4.78 is 41.3. The molecule has 0 aromatic rings. The van der Waals surface area contributed by atoms with Crippen LogP contribution < -0.4 is 0 Å². The zero-order valence-electron chi connectivity index (χ0n) is 10.9. The topological polar surface area (TPSA) is 26.3 Å². The van der Waals surface area contributed by atoms with E-state index >= 15 is 0 Å². The second-order valence-electron chi connectivity index (χ2n) is 4.14. The van der Waals surface area contributed by atoms with Crippen molar-refractivity contribution in [2.75, 3.05) is 5.75 Å². The summed E-state index contributed by atoms with van der Waals surface area (Å²) in [6.07, 6.45) is -0.103. The van der Waals surface area contributed by atoms with Crippen molar-refractivity contribution in [2.45, 2.75) is 64.0 Å². The SMILES string of the molecule is CCCCCCCSC(CC(F)(F)F)OC(C)=O. The van der Waals surface area contributed by atoms with E-state index in [4.69, 9.17) is 0 Å². The number of unbranched alkanes of at least 4 members (excludes halogenated alkanes) is 4. The number of ether oxygens (including phenoxy) is 1. The molecule has 0 radical (unpaired) electrons. The van der Waals surface area contributed by atoms with Crippen LogP contribution in [0.5, 0.6) is 0 Å². The maximum absolute atomic E-state index is 12.2. The van der Waals surface area contributed by atoms with Crippen LogP contribution in [-0.2, 0) is 9.53 Å². The average Bonchev–Trinajstić information content (AvgIpc) is 2.19. The van der Waals surface area contributed by atoms with Gasteiger partial charge in [0.05, 0.1) is 6.42 Å². The molecule has 0 aliphatic heterocycles. The minimum Gasteiger partial charge on any atom is -0.451 e. The van der Waals surface area contributed by atoms with E-state index in [-0.39, 0.29) is 0 Å². The number of alkyl halides is 3. The van der Waals surface area contributed by atoms with Gasteiger partial charge in [0.25, 0.3) is 0 Å². The average molecular weight is 286 g/mol. The summed E-state index contributed by atoms with van der Waals surface area (Å²) >= 11 is 1.07. The molecule has 0 amide bonds. The summed E-state index contributed by atoms with van der Waals surface area (Å²) in [5.74, 6) is -0.0692. The summed E-state index contributed by atoms with van der Waals surface area (Å²) in [4.78, 5) is 10.7. The molecule has 108 valence electrons. The predicted octanol–water partition coefficient (Wildman–Crippen LogP) is 4.53. The molecule has 0 spiro atoms. The second-order valence-corrected chi connectivity index (χ2v) is 5.41. The molecular weight excluding hydrogens is 265 g/mol. The molecule has 0 N–H and O–H groups in total. The number of hydrogen-bond donors (Lipinski definition) is 0. The summed E-state index contributed by atoms with van der Waals surface area (Å²) in [6.45, 7) is 3.24. The van der Waals surface area contributed by atoms with Gasteiger partial charge in [-0.1, -0.05) is 32.6 Å². The quantitative estimate of drug-likeness (QED) is 0.354. The van der Waals surface area contributed by atoms with Crippen molar-refractivity contribution in [3.8, 4) is 0 Å². The maximum atomic E-state index is 12.2. The molecule has 1 unspecified atom stereocenters. The predicted molar refractivity (Wildman–Crippen MR) is 67.4 cm³/mol. The normalized spacial score (nSPS) is 13.4. The van der Waals surface area contributed by atoms with Gasteiger partial charge in [0.15, 0.2) is 5.44 Å². The highest BCUT2D eigenvalue weighted by molar-refractivity contribution is 7.99. The fourth-order valence-corrected chi connectivity index (χ4v) is 2.57. The first-order valence-electron chi connectivity index (χ1n) is 6.20. The molecule has 0 aromatic carbocycles. The highest BCUT2D eigenvalue weighted by Gasteiger charge is 2.33. The van der Waals surface area contributed by atoms with E-state index in [1.54, 1.807) is 0 Å². The Bertz CT molecular complexity index is 232. The first-order chi connectivity index (χ1) is 8.35. The van der Waals surface area contributed by atoms with Gasteiger partial charge < -0.3 is 4.74 Å². The summed E-state index contributed by atoms with van der Waals surface area (Å²) in [5, 5.41) is 0. The van der Waals surface area contributed by atoms with E-state index in [1.165, 1.54) is 0 Å². The summed E-state index contributed by atoms with van der Waals surface area (Å²) in [6, 6.07) is 0. The third kappa shape index (κ3) is 12.1. The van der Waals surface area contributed by atoms with Crippen LogP contribution in [0.1, 0.15) is 52.4 Å².